The van der Waals surface area contributed by atoms with E-state index in [1.165, 1.54) is 22.2 Å². The Bertz CT molecular complexity index is 822. The monoisotopic (exact) mass is 353 g/mol. The molecule has 0 saturated heterocycles. The molecule has 0 fully saturated rings. The minimum atomic E-state index is -0.196. The fourth-order valence-electron chi connectivity index (χ4n) is 1.94. The predicted octanol–water partition coefficient (Wildman–Crippen LogP) is 3.37. The van der Waals surface area contributed by atoms with E-state index in [2.05, 4.69) is 20.4 Å². The Balaban J connectivity index is 1.69. The van der Waals surface area contributed by atoms with Crippen molar-refractivity contribution in [3.63, 3.8) is 0 Å². The first kappa shape index (κ1) is 15.1. The molecule has 0 atom stereocenters. The maximum atomic E-state index is 11.9. The molecule has 3 aromatic heterocycles. The van der Waals surface area contributed by atoms with Crippen molar-refractivity contribution in [3.05, 3.63) is 33.5 Å². The molecule has 22 heavy (non-hydrogen) atoms. The Labute approximate surface area is 139 Å². The van der Waals surface area contributed by atoms with E-state index in [0.29, 0.717) is 10.2 Å². The Hall–Kier alpha value is -1.77. The van der Waals surface area contributed by atoms with Crippen molar-refractivity contribution >= 4 is 45.3 Å². The van der Waals surface area contributed by atoms with Gasteiger partial charge in [-0.25, -0.2) is 9.97 Å². The van der Waals surface area contributed by atoms with Crippen LogP contribution >= 0.6 is 34.3 Å². The molecule has 3 rings (SSSR count). The summed E-state index contributed by atoms with van der Waals surface area (Å²) < 4.78 is 1.48. The molecule has 3 aromatic rings. The second kappa shape index (κ2) is 6.15. The maximum absolute atomic E-state index is 11.9. The van der Waals surface area contributed by atoms with Crippen LogP contribution in [0, 0.1) is 13.8 Å². The molecule has 3 heterocycles. The summed E-state index contributed by atoms with van der Waals surface area (Å²) in [6.07, 6.45) is 3.09. The second-order valence-corrected chi connectivity index (χ2v) is 7.09. The van der Waals surface area contributed by atoms with Gasteiger partial charge in [0, 0.05) is 11.6 Å². The Morgan fingerprint density at radius 1 is 1.41 bits per heavy atom. The number of carbonyl (C=O) groups is 1. The molecule has 1 N–H and O–H groups in total. The highest BCUT2D eigenvalue weighted by molar-refractivity contribution is 7.16. The first-order valence-corrected chi connectivity index (χ1v) is 8.46. The third-order valence-electron chi connectivity index (χ3n) is 2.79. The van der Waals surface area contributed by atoms with E-state index in [9.17, 15) is 4.79 Å². The first-order chi connectivity index (χ1) is 10.5. The number of amides is 1. The van der Waals surface area contributed by atoms with E-state index in [1.807, 2.05) is 19.2 Å². The van der Waals surface area contributed by atoms with Gasteiger partial charge in [0.15, 0.2) is 5.13 Å². The molecule has 1 amide bonds. The largest absolute Gasteiger partial charge is 0.300 e. The smallest absolute Gasteiger partial charge is 0.247 e. The topological polar surface area (TPSA) is 72.7 Å². The Kier molecular flexibility index (Phi) is 4.23. The van der Waals surface area contributed by atoms with Crippen molar-refractivity contribution in [2.24, 2.45) is 0 Å². The van der Waals surface area contributed by atoms with Gasteiger partial charge in [-0.3, -0.25) is 9.48 Å². The second-order valence-electron chi connectivity index (χ2n) is 4.59. The molecule has 0 unspecified atom stereocenters. The first-order valence-electron chi connectivity index (χ1n) is 6.39. The van der Waals surface area contributed by atoms with Crippen molar-refractivity contribution < 1.29 is 4.79 Å². The highest BCUT2D eigenvalue weighted by Crippen LogP contribution is 2.31. The zero-order chi connectivity index (χ0) is 15.7. The third kappa shape index (κ3) is 3.34. The van der Waals surface area contributed by atoms with Gasteiger partial charge in [0.2, 0.25) is 5.91 Å². The van der Waals surface area contributed by atoms with Crippen LogP contribution in [-0.4, -0.2) is 25.7 Å². The van der Waals surface area contributed by atoms with Gasteiger partial charge >= 0.3 is 0 Å². The minimum Gasteiger partial charge on any atom is -0.300 e. The van der Waals surface area contributed by atoms with Crippen LogP contribution in [-0.2, 0) is 11.3 Å². The van der Waals surface area contributed by atoms with Gasteiger partial charge in [-0.2, -0.15) is 5.10 Å². The van der Waals surface area contributed by atoms with E-state index >= 15 is 0 Å². The number of halogens is 1. The average molecular weight is 354 g/mol. The zero-order valence-corrected chi connectivity index (χ0v) is 14.2. The van der Waals surface area contributed by atoms with Crippen molar-refractivity contribution in [1.82, 2.24) is 19.7 Å². The van der Waals surface area contributed by atoms with E-state index in [-0.39, 0.29) is 12.5 Å². The quantitative estimate of drug-likeness (QED) is 0.780. The Morgan fingerprint density at radius 2 is 2.23 bits per heavy atom. The predicted molar refractivity (Wildman–Crippen MR) is 88.6 cm³/mol. The summed E-state index contributed by atoms with van der Waals surface area (Å²) in [5.74, 6) is -0.196. The summed E-state index contributed by atoms with van der Waals surface area (Å²) >= 11 is 8.75. The van der Waals surface area contributed by atoms with Crippen LogP contribution in [0.25, 0.3) is 10.6 Å². The molecule has 0 aliphatic carbocycles. The number of aryl methyl sites for hydroxylation is 2. The van der Waals surface area contributed by atoms with E-state index < -0.39 is 0 Å². The number of hydrogen-bond acceptors (Lipinski definition) is 6. The SMILES string of the molecule is Cc1nc(C)c(-c2csc(NC(=O)Cn3cc(Cl)cn3)n2)s1. The number of hydrogen-bond donors (Lipinski definition) is 1. The van der Waals surface area contributed by atoms with Crippen LogP contribution in [0.1, 0.15) is 10.7 Å². The van der Waals surface area contributed by atoms with Crippen LogP contribution in [0.5, 0.6) is 0 Å². The van der Waals surface area contributed by atoms with Gasteiger partial charge in [0.1, 0.15) is 6.54 Å². The van der Waals surface area contributed by atoms with E-state index in [0.717, 1.165) is 21.3 Å². The molecule has 114 valence electrons. The molecule has 0 aromatic carbocycles. The van der Waals surface area contributed by atoms with Crippen LogP contribution in [0.15, 0.2) is 17.8 Å². The number of nitrogens with zero attached hydrogens (tertiary/aromatic N) is 4. The summed E-state index contributed by atoms with van der Waals surface area (Å²) in [5.41, 5.74) is 1.79. The van der Waals surface area contributed by atoms with Gasteiger partial charge in [-0.15, -0.1) is 22.7 Å². The lowest BCUT2D eigenvalue weighted by atomic mass is 10.3. The number of anilines is 1. The van der Waals surface area contributed by atoms with E-state index in [1.54, 1.807) is 17.5 Å². The van der Waals surface area contributed by atoms with Crippen LogP contribution in [0.2, 0.25) is 5.02 Å². The molecular weight excluding hydrogens is 342 g/mol. The summed E-state index contributed by atoms with van der Waals surface area (Å²) in [5, 5.41) is 10.7. The number of rotatable bonds is 4. The lowest BCUT2D eigenvalue weighted by Crippen LogP contribution is -2.18. The fourth-order valence-corrected chi connectivity index (χ4v) is 3.76. The van der Waals surface area contributed by atoms with Gasteiger partial charge in [-0.1, -0.05) is 11.6 Å². The highest BCUT2D eigenvalue weighted by atomic mass is 35.5. The number of carbonyl (C=O) groups excluding carboxylic acids is 1. The van der Waals surface area contributed by atoms with Gasteiger partial charge in [-0.05, 0) is 13.8 Å². The van der Waals surface area contributed by atoms with Crippen molar-refractivity contribution in [2.75, 3.05) is 5.32 Å². The molecule has 0 aliphatic heterocycles. The lowest BCUT2D eigenvalue weighted by Gasteiger charge is -2.01. The number of thiazole rings is 2. The summed E-state index contributed by atoms with van der Waals surface area (Å²) in [4.78, 5) is 21.8. The van der Waals surface area contributed by atoms with Crippen LogP contribution in [0.3, 0.4) is 0 Å². The molecule has 0 spiro atoms. The highest BCUT2D eigenvalue weighted by Gasteiger charge is 2.13. The Morgan fingerprint density at radius 3 is 2.86 bits per heavy atom. The molecular formula is C13H12ClN5OS2. The van der Waals surface area contributed by atoms with Gasteiger partial charge in [0.25, 0.3) is 0 Å². The van der Waals surface area contributed by atoms with Crippen molar-refractivity contribution in [2.45, 2.75) is 20.4 Å². The fraction of sp³-hybridized carbons (Fsp3) is 0.231. The zero-order valence-electron chi connectivity index (χ0n) is 11.8. The maximum Gasteiger partial charge on any atom is 0.247 e. The normalized spacial score (nSPS) is 10.9. The number of aromatic nitrogens is 4. The third-order valence-corrected chi connectivity index (χ3v) is 4.84. The number of nitrogens with one attached hydrogen (secondary N) is 1. The average Bonchev–Trinajstić information content (AvgIpc) is 3.12. The van der Waals surface area contributed by atoms with Crippen molar-refractivity contribution in [1.29, 1.82) is 0 Å². The molecule has 0 radical (unpaired) electrons. The summed E-state index contributed by atoms with van der Waals surface area (Å²) in [7, 11) is 0. The van der Waals surface area contributed by atoms with Crippen molar-refractivity contribution in [3.8, 4) is 10.6 Å². The molecule has 0 saturated carbocycles. The molecule has 9 heteroatoms. The van der Waals surface area contributed by atoms with Crippen LogP contribution in [0.4, 0.5) is 5.13 Å². The van der Waals surface area contributed by atoms with Gasteiger partial charge in [0.05, 0.1) is 32.5 Å². The van der Waals surface area contributed by atoms with Crippen LogP contribution < -0.4 is 5.32 Å². The van der Waals surface area contributed by atoms with E-state index in [4.69, 9.17) is 11.6 Å². The summed E-state index contributed by atoms with van der Waals surface area (Å²) in [6, 6.07) is 0. The molecule has 0 bridgehead atoms. The lowest BCUT2D eigenvalue weighted by molar-refractivity contribution is -0.116. The molecule has 0 aliphatic rings. The minimum absolute atomic E-state index is 0.0975. The van der Waals surface area contributed by atoms with Gasteiger partial charge < -0.3 is 5.32 Å². The standard InChI is InChI=1S/C13H12ClN5OS2/c1-7-12(22-8(2)16-7)10-6-21-13(17-10)18-11(20)5-19-4-9(14)3-15-19/h3-4,6H,5H2,1-2H3,(H,17,18,20). The molecule has 6 nitrogen and oxygen atoms in total. The summed E-state index contributed by atoms with van der Waals surface area (Å²) in [6.45, 7) is 4.02.